The highest BCUT2D eigenvalue weighted by Gasteiger charge is 2.38. The Hall–Kier alpha value is -2.80. The van der Waals surface area contributed by atoms with Gasteiger partial charge in [-0.15, -0.1) is 0 Å². The average molecular weight is 327 g/mol. The highest BCUT2D eigenvalue weighted by atomic mass is 32.1. The van der Waals surface area contributed by atoms with Gasteiger partial charge in [0.25, 0.3) is 5.91 Å². The van der Waals surface area contributed by atoms with Crippen LogP contribution in [0, 0.1) is 12.8 Å². The normalized spacial score (nSPS) is 18.6. The third-order valence-corrected chi connectivity index (χ3v) is 3.64. The smallest absolute Gasteiger partial charge is 0.251 e. The molecule has 1 N–H and O–H groups in total. The predicted molar refractivity (Wildman–Crippen MR) is 89.8 cm³/mol. The number of nitrogens with zero attached hydrogens (tertiary/aromatic N) is 2. The number of rotatable bonds is 3. The van der Waals surface area contributed by atoms with E-state index in [9.17, 15) is 9.59 Å². The largest absolute Gasteiger partial charge is 0.447 e. The average Bonchev–Trinajstić information content (AvgIpc) is 3.02. The van der Waals surface area contributed by atoms with Crippen molar-refractivity contribution in [2.45, 2.75) is 6.92 Å². The van der Waals surface area contributed by atoms with Crippen LogP contribution in [0.15, 0.2) is 52.1 Å². The summed E-state index contributed by atoms with van der Waals surface area (Å²) < 4.78 is 5.06. The molecule has 2 amide bonds. The van der Waals surface area contributed by atoms with Gasteiger partial charge in [-0.05, 0) is 37.3 Å². The molecule has 0 radical (unpaired) electrons. The Morgan fingerprint density at radius 1 is 1.26 bits per heavy atom. The molecule has 0 unspecified atom stereocenters. The van der Waals surface area contributed by atoms with E-state index >= 15 is 0 Å². The molecular formula is C16H13N3O3S. The number of thiocarbonyl (C=S) groups is 1. The maximum absolute atomic E-state index is 12.6. The van der Waals surface area contributed by atoms with Crippen LogP contribution >= 0.6 is 12.2 Å². The number of furan rings is 1. The quantitative estimate of drug-likeness (QED) is 0.533. The van der Waals surface area contributed by atoms with E-state index in [2.05, 4.69) is 10.3 Å². The van der Waals surface area contributed by atoms with Crippen molar-refractivity contribution >= 4 is 46.9 Å². The van der Waals surface area contributed by atoms with Crippen LogP contribution in [0.2, 0.25) is 0 Å². The highest BCUT2D eigenvalue weighted by molar-refractivity contribution is 7.80. The molecule has 1 aromatic heterocycles. The van der Waals surface area contributed by atoms with Gasteiger partial charge < -0.3 is 9.73 Å². The molecular weight excluding hydrogens is 314 g/mol. The minimum absolute atomic E-state index is 0.0616. The summed E-state index contributed by atoms with van der Waals surface area (Å²) >= 11 is 5.12. The molecule has 7 heteroatoms. The Morgan fingerprint density at radius 2 is 2.00 bits per heavy atom. The lowest BCUT2D eigenvalue weighted by atomic mass is 10.1. The van der Waals surface area contributed by atoms with Gasteiger partial charge in [-0.3, -0.25) is 14.5 Å². The van der Waals surface area contributed by atoms with Crippen molar-refractivity contribution in [3.8, 4) is 0 Å². The maximum atomic E-state index is 12.6. The zero-order valence-corrected chi connectivity index (χ0v) is 13.0. The van der Waals surface area contributed by atoms with E-state index in [1.807, 2.05) is 19.1 Å². The van der Waals surface area contributed by atoms with Gasteiger partial charge >= 0.3 is 0 Å². The topological polar surface area (TPSA) is 74.9 Å². The minimum Gasteiger partial charge on any atom is -0.447 e. The first kappa shape index (κ1) is 15.1. The van der Waals surface area contributed by atoms with E-state index in [1.54, 1.807) is 24.3 Å². The second-order valence-corrected chi connectivity index (χ2v) is 5.40. The SMILES string of the molecule is Cc1ccc(N2C(=O)[C@H](C=Nc3ccco3)C(=O)NC2=S)cc1. The van der Waals surface area contributed by atoms with Crippen molar-refractivity contribution in [3.63, 3.8) is 0 Å². The molecule has 1 aliphatic rings. The fourth-order valence-corrected chi connectivity index (χ4v) is 2.45. The van der Waals surface area contributed by atoms with E-state index in [0.29, 0.717) is 11.6 Å². The second-order valence-electron chi connectivity index (χ2n) is 5.01. The molecule has 1 atom stereocenters. The third-order valence-electron chi connectivity index (χ3n) is 3.35. The highest BCUT2D eigenvalue weighted by Crippen LogP contribution is 2.21. The zero-order valence-electron chi connectivity index (χ0n) is 12.2. The van der Waals surface area contributed by atoms with Crippen LogP contribution in [-0.2, 0) is 9.59 Å². The molecule has 0 spiro atoms. The lowest BCUT2D eigenvalue weighted by Gasteiger charge is -2.30. The van der Waals surface area contributed by atoms with Gasteiger partial charge in [0, 0.05) is 12.3 Å². The van der Waals surface area contributed by atoms with Crippen LogP contribution in [0.3, 0.4) is 0 Å². The summed E-state index contributed by atoms with van der Waals surface area (Å²) in [4.78, 5) is 30.0. The number of benzene rings is 1. The molecule has 0 aliphatic carbocycles. The van der Waals surface area contributed by atoms with Crippen molar-refractivity contribution in [3.05, 3.63) is 48.2 Å². The number of nitrogens with one attached hydrogen (secondary N) is 1. The summed E-state index contributed by atoms with van der Waals surface area (Å²) in [5.41, 5.74) is 1.66. The van der Waals surface area contributed by atoms with Crippen LogP contribution in [0.4, 0.5) is 11.6 Å². The summed E-state index contributed by atoms with van der Waals surface area (Å²) in [5.74, 6) is -1.69. The van der Waals surface area contributed by atoms with Gasteiger partial charge in [-0.25, -0.2) is 4.99 Å². The van der Waals surface area contributed by atoms with Crippen molar-refractivity contribution in [1.29, 1.82) is 0 Å². The monoisotopic (exact) mass is 327 g/mol. The number of carbonyl (C=O) groups is 2. The molecule has 116 valence electrons. The molecule has 0 bridgehead atoms. The Morgan fingerprint density at radius 3 is 2.65 bits per heavy atom. The van der Waals surface area contributed by atoms with Crippen molar-refractivity contribution in [2.75, 3.05) is 4.90 Å². The van der Waals surface area contributed by atoms with E-state index in [1.165, 1.54) is 17.4 Å². The number of amides is 2. The molecule has 23 heavy (non-hydrogen) atoms. The van der Waals surface area contributed by atoms with E-state index in [-0.39, 0.29) is 5.11 Å². The number of aliphatic imine (C=N–C) groups is 1. The van der Waals surface area contributed by atoms with Crippen LogP contribution < -0.4 is 10.2 Å². The van der Waals surface area contributed by atoms with Gasteiger partial charge in [0.15, 0.2) is 11.0 Å². The van der Waals surface area contributed by atoms with Crippen LogP contribution in [0.5, 0.6) is 0 Å². The van der Waals surface area contributed by atoms with Crippen LogP contribution in [0.25, 0.3) is 0 Å². The number of hydrogen-bond acceptors (Lipinski definition) is 5. The Bertz CT molecular complexity index is 781. The second kappa shape index (κ2) is 6.13. The molecule has 6 nitrogen and oxygen atoms in total. The fourth-order valence-electron chi connectivity index (χ4n) is 2.15. The molecule has 1 fully saturated rings. The lowest BCUT2D eigenvalue weighted by Crippen LogP contribution is -2.58. The van der Waals surface area contributed by atoms with Crippen LogP contribution in [0.1, 0.15) is 5.56 Å². The molecule has 0 saturated carbocycles. The van der Waals surface area contributed by atoms with Gasteiger partial charge in [-0.1, -0.05) is 17.7 Å². The summed E-state index contributed by atoms with van der Waals surface area (Å²) in [5, 5.41) is 2.59. The third kappa shape index (κ3) is 3.04. The summed E-state index contributed by atoms with van der Waals surface area (Å²) in [6.45, 7) is 1.95. The van der Waals surface area contributed by atoms with E-state index in [0.717, 1.165) is 5.56 Å². The molecule has 1 saturated heterocycles. The van der Waals surface area contributed by atoms with E-state index in [4.69, 9.17) is 16.6 Å². The number of hydrogen-bond donors (Lipinski definition) is 1. The van der Waals surface area contributed by atoms with E-state index < -0.39 is 17.7 Å². The van der Waals surface area contributed by atoms with Crippen LogP contribution in [-0.4, -0.2) is 23.1 Å². The van der Waals surface area contributed by atoms with Gasteiger partial charge in [0.05, 0.1) is 12.0 Å². The van der Waals surface area contributed by atoms with Gasteiger partial charge in [0.1, 0.15) is 0 Å². The first-order valence-electron chi connectivity index (χ1n) is 6.89. The first-order valence-corrected chi connectivity index (χ1v) is 7.30. The zero-order chi connectivity index (χ0) is 16.4. The van der Waals surface area contributed by atoms with Crippen molar-refractivity contribution in [1.82, 2.24) is 5.32 Å². The molecule has 1 aromatic carbocycles. The summed E-state index contributed by atoms with van der Waals surface area (Å²) in [6, 6.07) is 10.6. The Kier molecular flexibility index (Phi) is 4.03. The first-order chi connectivity index (χ1) is 11.1. The van der Waals surface area contributed by atoms with Gasteiger partial charge in [-0.2, -0.15) is 0 Å². The molecule has 2 aromatic rings. The number of anilines is 1. The number of aryl methyl sites for hydroxylation is 1. The lowest BCUT2D eigenvalue weighted by molar-refractivity contribution is -0.130. The molecule has 1 aliphatic heterocycles. The van der Waals surface area contributed by atoms with Crippen molar-refractivity contribution in [2.24, 2.45) is 10.9 Å². The number of carbonyl (C=O) groups excluding carboxylic acids is 2. The van der Waals surface area contributed by atoms with Gasteiger partial charge in [0.2, 0.25) is 11.8 Å². The predicted octanol–water partition coefficient (Wildman–Crippen LogP) is 2.35. The Balaban J connectivity index is 1.89. The van der Waals surface area contributed by atoms with Crippen molar-refractivity contribution < 1.29 is 14.0 Å². The minimum atomic E-state index is -1.06. The summed E-state index contributed by atoms with van der Waals surface area (Å²) in [7, 11) is 0. The summed E-state index contributed by atoms with van der Waals surface area (Å²) in [6.07, 6.45) is 2.72. The Labute approximate surface area is 137 Å². The molecule has 2 heterocycles. The maximum Gasteiger partial charge on any atom is 0.251 e. The standard InChI is InChI=1S/C16H13N3O3S/c1-10-4-6-11(7-5-10)19-15(21)12(14(20)18-16(19)23)9-17-13-3-2-8-22-13/h2-9,12H,1H3,(H,18,20,23)/t12-/m1/s1. The molecule has 3 rings (SSSR count). The fraction of sp³-hybridized carbons (Fsp3) is 0.125.